The van der Waals surface area contributed by atoms with E-state index in [9.17, 15) is 9.90 Å². The van der Waals surface area contributed by atoms with E-state index in [-0.39, 0.29) is 11.7 Å². The molecule has 0 saturated carbocycles. The Bertz CT molecular complexity index is 766. The third-order valence-electron chi connectivity index (χ3n) is 3.36. The second-order valence-electron chi connectivity index (χ2n) is 4.74. The fourth-order valence-corrected chi connectivity index (χ4v) is 2.25. The number of hydrogen-bond donors (Lipinski definition) is 2. The highest BCUT2D eigenvalue weighted by Crippen LogP contribution is 2.28. The fraction of sp³-hybridized carbons (Fsp3) is 0.125. The summed E-state index contributed by atoms with van der Waals surface area (Å²) in [5.41, 5.74) is 0.291. The Morgan fingerprint density at radius 2 is 2.10 bits per heavy atom. The smallest absolute Gasteiger partial charge is 0.255 e. The van der Waals surface area contributed by atoms with Crippen LogP contribution in [0.2, 0.25) is 0 Å². The molecular formula is C16H15N3O2. The van der Waals surface area contributed by atoms with Crippen molar-refractivity contribution in [1.29, 1.82) is 0 Å². The van der Waals surface area contributed by atoms with Gasteiger partial charge < -0.3 is 15.0 Å². The molecule has 3 aromatic rings. The van der Waals surface area contributed by atoms with Crippen molar-refractivity contribution in [3.05, 3.63) is 60.7 Å². The standard InChI is InChI=1S/C16H15N3O2/c20-15-13-4-2-1-3-12(13)5-6-14(15)16(21)18-8-10-19-9-7-17-11-19/h1-7,9,11,20H,8,10H2,(H,18,21). The van der Waals surface area contributed by atoms with Gasteiger partial charge in [0.1, 0.15) is 5.75 Å². The Hall–Kier alpha value is -2.82. The minimum absolute atomic E-state index is 0.0215. The molecule has 0 fully saturated rings. The van der Waals surface area contributed by atoms with E-state index in [1.807, 2.05) is 35.0 Å². The highest BCUT2D eigenvalue weighted by molar-refractivity contribution is 6.03. The van der Waals surface area contributed by atoms with Crippen LogP contribution in [0.15, 0.2) is 55.1 Å². The summed E-state index contributed by atoms with van der Waals surface area (Å²) in [7, 11) is 0. The van der Waals surface area contributed by atoms with Crippen LogP contribution >= 0.6 is 0 Å². The summed E-state index contributed by atoms with van der Waals surface area (Å²) >= 11 is 0. The van der Waals surface area contributed by atoms with Crippen LogP contribution in [0.3, 0.4) is 0 Å². The number of nitrogens with zero attached hydrogens (tertiary/aromatic N) is 2. The van der Waals surface area contributed by atoms with Gasteiger partial charge in [0.25, 0.3) is 5.91 Å². The summed E-state index contributed by atoms with van der Waals surface area (Å²) in [6.45, 7) is 1.11. The zero-order valence-electron chi connectivity index (χ0n) is 11.4. The lowest BCUT2D eigenvalue weighted by molar-refractivity contribution is 0.0950. The quantitative estimate of drug-likeness (QED) is 0.770. The molecule has 0 saturated heterocycles. The number of phenols is 1. The average molecular weight is 281 g/mol. The molecule has 0 atom stereocenters. The van der Waals surface area contributed by atoms with Gasteiger partial charge in [-0.15, -0.1) is 0 Å². The second kappa shape index (κ2) is 5.66. The van der Waals surface area contributed by atoms with Crippen LogP contribution in [-0.2, 0) is 6.54 Å². The molecule has 0 aliphatic heterocycles. The first-order valence-electron chi connectivity index (χ1n) is 6.70. The molecule has 1 amide bonds. The van der Waals surface area contributed by atoms with Crippen molar-refractivity contribution >= 4 is 16.7 Å². The van der Waals surface area contributed by atoms with Crippen molar-refractivity contribution < 1.29 is 9.90 Å². The Labute approximate surface area is 121 Å². The van der Waals surface area contributed by atoms with Crippen molar-refractivity contribution in [2.75, 3.05) is 6.54 Å². The second-order valence-corrected chi connectivity index (χ2v) is 4.74. The van der Waals surface area contributed by atoms with E-state index >= 15 is 0 Å². The van der Waals surface area contributed by atoms with Gasteiger partial charge in [0.15, 0.2) is 0 Å². The van der Waals surface area contributed by atoms with Gasteiger partial charge in [-0.1, -0.05) is 30.3 Å². The summed E-state index contributed by atoms with van der Waals surface area (Å²) in [5, 5.41) is 14.6. The molecule has 0 aliphatic carbocycles. The number of hydrogen-bond acceptors (Lipinski definition) is 3. The molecule has 5 heteroatoms. The molecule has 0 bridgehead atoms. The number of amides is 1. The Morgan fingerprint density at radius 3 is 2.90 bits per heavy atom. The van der Waals surface area contributed by atoms with Crippen molar-refractivity contribution in [2.24, 2.45) is 0 Å². The number of fused-ring (bicyclic) bond motifs is 1. The van der Waals surface area contributed by atoms with Crippen molar-refractivity contribution in [3.8, 4) is 5.75 Å². The van der Waals surface area contributed by atoms with E-state index in [0.717, 1.165) is 5.39 Å². The van der Waals surface area contributed by atoms with Gasteiger partial charge in [-0.2, -0.15) is 0 Å². The van der Waals surface area contributed by atoms with Crippen LogP contribution in [0.25, 0.3) is 10.8 Å². The summed E-state index contributed by atoms with van der Waals surface area (Å²) < 4.78 is 1.88. The molecule has 2 N–H and O–H groups in total. The third kappa shape index (κ3) is 2.72. The van der Waals surface area contributed by atoms with Crippen LogP contribution in [-0.4, -0.2) is 27.1 Å². The molecule has 0 unspecified atom stereocenters. The Balaban J connectivity index is 1.74. The molecule has 5 nitrogen and oxygen atoms in total. The van der Waals surface area contributed by atoms with Crippen LogP contribution in [0.5, 0.6) is 5.75 Å². The highest BCUT2D eigenvalue weighted by atomic mass is 16.3. The number of aromatic nitrogens is 2. The van der Waals surface area contributed by atoms with Crippen LogP contribution in [0.4, 0.5) is 0 Å². The molecule has 1 heterocycles. The largest absolute Gasteiger partial charge is 0.506 e. The summed E-state index contributed by atoms with van der Waals surface area (Å²) in [4.78, 5) is 16.1. The van der Waals surface area contributed by atoms with Gasteiger partial charge in [-0.3, -0.25) is 4.79 Å². The Kier molecular flexibility index (Phi) is 3.55. The zero-order chi connectivity index (χ0) is 14.7. The monoisotopic (exact) mass is 281 g/mol. The molecule has 21 heavy (non-hydrogen) atoms. The molecular weight excluding hydrogens is 266 g/mol. The number of imidazole rings is 1. The van der Waals surface area contributed by atoms with Gasteiger partial charge in [-0.25, -0.2) is 4.98 Å². The average Bonchev–Trinajstić information content (AvgIpc) is 3.01. The van der Waals surface area contributed by atoms with E-state index in [1.54, 1.807) is 24.7 Å². The van der Waals surface area contributed by atoms with Gasteiger partial charge in [0.05, 0.1) is 11.9 Å². The maximum Gasteiger partial charge on any atom is 0.255 e. The van der Waals surface area contributed by atoms with Gasteiger partial charge in [0, 0.05) is 30.9 Å². The maximum absolute atomic E-state index is 12.1. The highest BCUT2D eigenvalue weighted by Gasteiger charge is 2.12. The minimum Gasteiger partial charge on any atom is -0.506 e. The molecule has 0 spiro atoms. The van der Waals surface area contributed by atoms with Gasteiger partial charge in [0.2, 0.25) is 0 Å². The lowest BCUT2D eigenvalue weighted by Gasteiger charge is -2.09. The van der Waals surface area contributed by atoms with Crippen molar-refractivity contribution in [3.63, 3.8) is 0 Å². The number of carbonyl (C=O) groups is 1. The molecule has 3 rings (SSSR count). The topological polar surface area (TPSA) is 67.2 Å². The van der Waals surface area contributed by atoms with E-state index in [0.29, 0.717) is 24.0 Å². The predicted octanol–water partition coefficient (Wildman–Crippen LogP) is 2.17. The number of benzene rings is 2. The summed E-state index contributed by atoms with van der Waals surface area (Å²) in [5.74, 6) is -0.258. The van der Waals surface area contributed by atoms with E-state index in [4.69, 9.17) is 0 Å². The number of aromatic hydroxyl groups is 1. The van der Waals surface area contributed by atoms with Crippen LogP contribution in [0, 0.1) is 0 Å². The normalized spacial score (nSPS) is 10.7. The first kappa shape index (κ1) is 13.2. The number of nitrogens with one attached hydrogen (secondary N) is 1. The maximum atomic E-state index is 12.1. The molecule has 0 radical (unpaired) electrons. The molecule has 2 aromatic carbocycles. The third-order valence-corrected chi connectivity index (χ3v) is 3.36. The summed E-state index contributed by atoms with van der Waals surface area (Å²) in [6, 6.07) is 10.9. The number of phenolic OH excluding ortho intramolecular Hbond substituents is 1. The minimum atomic E-state index is -0.279. The molecule has 0 aliphatic rings. The molecule has 1 aromatic heterocycles. The summed E-state index contributed by atoms with van der Waals surface area (Å²) in [6.07, 6.45) is 5.22. The van der Waals surface area contributed by atoms with Gasteiger partial charge >= 0.3 is 0 Å². The predicted molar refractivity (Wildman–Crippen MR) is 80.2 cm³/mol. The first-order chi connectivity index (χ1) is 10.3. The van der Waals surface area contributed by atoms with Crippen molar-refractivity contribution in [2.45, 2.75) is 6.54 Å². The van der Waals surface area contributed by atoms with E-state index in [1.165, 1.54) is 0 Å². The SMILES string of the molecule is O=C(NCCn1ccnc1)c1ccc2ccccc2c1O. The Morgan fingerprint density at radius 1 is 1.24 bits per heavy atom. The van der Waals surface area contributed by atoms with Crippen LogP contribution < -0.4 is 5.32 Å². The van der Waals surface area contributed by atoms with Crippen LogP contribution in [0.1, 0.15) is 10.4 Å². The van der Waals surface area contributed by atoms with Crippen molar-refractivity contribution in [1.82, 2.24) is 14.9 Å². The zero-order valence-corrected chi connectivity index (χ0v) is 11.4. The molecule has 106 valence electrons. The van der Waals surface area contributed by atoms with Gasteiger partial charge in [-0.05, 0) is 11.5 Å². The number of carbonyl (C=O) groups excluding carboxylic acids is 1. The lowest BCUT2D eigenvalue weighted by atomic mass is 10.0. The van der Waals surface area contributed by atoms with E-state index in [2.05, 4.69) is 10.3 Å². The van der Waals surface area contributed by atoms with E-state index < -0.39 is 0 Å². The first-order valence-corrected chi connectivity index (χ1v) is 6.70. The fourth-order valence-electron chi connectivity index (χ4n) is 2.25. The number of rotatable bonds is 4. The lowest BCUT2D eigenvalue weighted by Crippen LogP contribution is -2.27.